The van der Waals surface area contributed by atoms with Crippen LogP contribution >= 0.6 is 0 Å². The molecule has 81 heavy (non-hydrogen) atoms. The molecule has 412 valence electrons. The van der Waals surface area contributed by atoms with E-state index in [4.69, 9.17) is 0 Å². The van der Waals surface area contributed by atoms with E-state index < -0.39 is 0 Å². The highest BCUT2D eigenvalue weighted by molar-refractivity contribution is 6.96. The molecule has 7 aromatic rings. The highest BCUT2D eigenvalue weighted by Crippen LogP contribution is 2.65. The maximum atomic E-state index is 10.2. The molecular weight excluding hydrogens is 980 g/mol. The van der Waals surface area contributed by atoms with E-state index in [2.05, 4.69) is 260 Å². The summed E-state index contributed by atoms with van der Waals surface area (Å²) in [4.78, 5) is 8.13. The summed E-state index contributed by atoms with van der Waals surface area (Å²) in [5.74, 6) is 0. The third-order valence-electron chi connectivity index (χ3n) is 21.3. The molecule has 0 aromatic heterocycles. The van der Waals surface area contributed by atoms with Gasteiger partial charge in [-0.3, -0.25) is 0 Å². The standard InChI is InChI=1S/C76H85BN4/c1-69(2,3)49-28-34-53(35-29-49)80-63-42-54(79(51-30-24-47(46-78)25-31-51)52-32-26-48(27-33-52)55-22-18-19-23-57(55)71(7,8)9)43-64-65(63)77(62-41-50(70(4,5)6)40-61-67(62)81(64)76(17)37-21-20-36-75(61,76)16)68-66(80)56-44-59-60(45-58(56)74(68,14)15)73(12,13)39-38-72(59,10)11/h18-19,22-35,40-45H,20-21,36-39H2,1-17H3. The van der Waals surface area contributed by atoms with E-state index in [-0.39, 0.29) is 50.2 Å². The second-order valence-corrected chi connectivity index (χ2v) is 30.8. The molecule has 7 aromatic carbocycles. The molecule has 0 amide bonds. The molecule has 2 unspecified atom stereocenters. The summed E-state index contributed by atoms with van der Waals surface area (Å²) >= 11 is 0. The van der Waals surface area contributed by atoms with Crippen molar-refractivity contribution in [2.24, 2.45) is 0 Å². The van der Waals surface area contributed by atoms with Gasteiger partial charge >= 0.3 is 0 Å². The summed E-state index contributed by atoms with van der Waals surface area (Å²) in [7, 11) is 0. The first kappa shape index (κ1) is 53.5. The van der Waals surface area contributed by atoms with Crippen LogP contribution in [0.4, 0.5) is 39.8 Å². The molecule has 5 heteroatoms. The van der Waals surface area contributed by atoms with Crippen molar-refractivity contribution in [1.82, 2.24) is 0 Å². The number of nitriles is 1. The van der Waals surface area contributed by atoms with E-state index in [1.807, 2.05) is 12.1 Å². The number of anilines is 7. The highest BCUT2D eigenvalue weighted by Gasteiger charge is 2.63. The Kier molecular flexibility index (Phi) is 11.5. The Morgan fingerprint density at radius 3 is 1.74 bits per heavy atom. The van der Waals surface area contributed by atoms with Gasteiger partial charge in [-0.1, -0.05) is 196 Å². The van der Waals surface area contributed by atoms with Crippen molar-refractivity contribution in [2.45, 2.75) is 200 Å². The summed E-state index contributed by atoms with van der Waals surface area (Å²) in [5, 5.41) is 10.2. The zero-order chi connectivity index (χ0) is 57.5. The number of nitrogens with zero attached hydrogens (tertiary/aromatic N) is 4. The van der Waals surface area contributed by atoms with Crippen LogP contribution in [-0.4, -0.2) is 12.3 Å². The molecule has 0 bridgehead atoms. The highest BCUT2D eigenvalue weighted by atomic mass is 15.3. The Labute approximate surface area is 486 Å². The number of benzene rings is 7. The van der Waals surface area contributed by atoms with E-state index >= 15 is 0 Å². The van der Waals surface area contributed by atoms with Gasteiger partial charge in [0.1, 0.15) is 0 Å². The Morgan fingerprint density at radius 1 is 0.531 bits per heavy atom. The van der Waals surface area contributed by atoms with Crippen molar-refractivity contribution < 1.29 is 0 Å². The topological polar surface area (TPSA) is 33.5 Å². The number of allylic oxidation sites excluding steroid dienone is 1. The first-order valence-corrected chi connectivity index (χ1v) is 30.5. The first-order chi connectivity index (χ1) is 38.0. The fourth-order valence-corrected chi connectivity index (χ4v) is 16.2. The average molecular weight is 1070 g/mol. The van der Waals surface area contributed by atoms with Gasteiger partial charge in [0.25, 0.3) is 0 Å². The molecule has 0 saturated heterocycles. The molecule has 3 aliphatic heterocycles. The third-order valence-corrected chi connectivity index (χ3v) is 21.3. The van der Waals surface area contributed by atoms with Crippen molar-refractivity contribution in [3.8, 4) is 17.2 Å². The molecule has 0 radical (unpaired) electrons. The second-order valence-electron chi connectivity index (χ2n) is 30.8. The van der Waals surface area contributed by atoms with Crippen LogP contribution < -0.4 is 25.6 Å². The lowest BCUT2D eigenvalue weighted by Crippen LogP contribution is -2.62. The molecule has 0 N–H and O–H groups in total. The monoisotopic (exact) mass is 1060 g/mol. The van der Waals surface area contributed by atoms with Gasteiger partial charge in [0.2, 0.25) is 6.71 Å². The van der Waals surface area contributed by atoms with Gasteiger partial charge in [0.05, 0.1) is 22.9 Å². The predicted octanol–water partition coefficient (Wildman–Crippen LogP) is 19.0. The molecule has 2 atom stereocenters. The predicted molar refractivity (Wildman–Crippen MR) is 345 cm³/mol. The third kappa shape index (κ3) is 7.73. The molecular formula is C76H85BN4. The van der Waals surface area contributed by atoms with Crippen LogP contribution in [0.15, 0.2) is 139 Å². The van der Waals surface area contributed by atoms with Crippen LogP contribution in [0.5, 0.6) is 0 Å². The summed E-state index contributed by atoms with van der Waals surface area (Å²) in [6, 6.07) is 54.4. The number of hydrogen-bond donors (Lipinski definition) is 0. The van der Waals surface area contributed by atoms with E-state index in [1.165, 1.54) is 120 Å². The molecule has 3 aliphatic carbocycles. The van der Waals surface area contributed by atoms with E-state index in [0.717, 1.165) is 36.3 Å². The lowest BCUT2D eigenvalue weighted by atomic mass is 9.30. The van der Waals surface area contributed by atoms with Crippen molar-refractivity contribution in [1.29, 1.82) is 5.26 Å². The van der Waals surface area contributed by atoms with Crippen LogP contribution in [0.3, 0.4) is 0 Å². The van der Waals surface area contributed by atoms with Crippen LogP contribution in [-0.2, 0) is 37.9 Å². The fraction of sp³-hybridized carbons (Fsp3) is 0.408. The van der Waals surface area contributed by atoms with E-state index in [0.29, 0.717) is 5.56 Å². The largest absolute Gasteiger partial charge is 0.335 e. The summed E-state index contributed by atoms with van der Waals surface area (Å²) < 4.78 is 0. The SMILES string of the molecule is CC(C)(C)c1ccc(N2C3=C(B4c5cc(C(C)(C)C)cc6c5N(c5cc(N(c7ccc(C#N)cc7)c7ccc(-c8ccccc8C(C)(C)C)cc7)cc2c54)C2(C)CCCCC62C)C(C)(C)c2cc4c(cc23)C(C)(C)CCC4(C)C)cc1. The summed E-state index contributed by atoms with van der Waals surface area (Å²) in [5.41, 5.74) is 28.2. The molecule has 13 rings (SSSR count). The molecule has 4 nitrogen and oxygen atoms in total. The van der Waals surface area contributed by atoms with Gasteiger partial charge in [0, 0.05) is 56.2 Å². The number of hydrogen-bond acceptors (Lipinski definition) is 4. The normalized spacial score (nSPS) is 21.6. The van der Waals surface area contributed by atoms with Crippen molar-refractivity contribution in [3.63, 3.8) is 0 Å². The summed E-state index contributed by atoms with van der Waals surface area (Å²) in [6.45, 7) is 41.6. The maximum Gasteiger partial charge on any atom is 0.248 e. The first-order valence-electron chi connectivity index (χ1n) is 30.5. The number of rotatable bonds is 5. The van der Waals surface area contributed by atoms with Crippen molar-refractivity contribution >= 4 is 63.1 Å². The molecule has 6 aliphatic rings. The summed E-state index contributed by atoms with van der Waals surface area (Å²) in [6.07, 6.45) is 7.03. The average Bonchev–Trinajstić information content (AvgIpc) is 3.43. The van der Waals surface area contributed by atoms with Crippen molar-refractivity contribution in [3.05, 3.63) is 189 Å². The molecule has 1 fully saturated rings. The Hall–Kier alpha value is -6.77. The lowest BCUT2D eigenvalue weighted by molar-refractivity contribution is 0.195. The van der Waals surface area contributed by atoms with Gasteiger partial charge in [-0.2, -0.15) is 5.26 Å². The Bertz CT molecular complexity index is 3840. The minimum Gasteiger partial charge on any atom is -0.335 e. The van der Waals surface area contributed by atoms with E-state index in [9.17, 15) is 5.26 Å². The van der Waals surface area contributed by atoms with Crippen LogP contribution in [0.2, 0.25) is 0 Å². The molecule has 3 heterocycles. The van der Waals surface area contributed by atoms with Gasteiger partial charge < -0.3 is 14.7 Å². The minimum absolute atomic E-state index is 0.00483. The quantitative estimate of drug-likeness (QED) is 0.161. The number of fused-ring (bicyclic) bond motifs is 9. The van der Waals surface area contributed by atoms with Gasteiger partial charge in [0.15, 0.2) is 0 Å². The zero-order valence-electron chi connectivity index (χ0n) is 51.8. The zero-order valence-corrected chi connectivity index (χ0v) is 51.8. The Morgan fingerprint density at radius 2 is 1.12 bits per heavy atom. The van der Waals surface area contributed by atoms with E-state index in [1.54, 1.807) is 0 Å². The minimum atomic E-state index is -0.312. The van der Waals surface area contributed by atoms with Crippen LogP contribution in [0, 0.1) is 11.3 Å². The van der Waals surface area contributed by atoms with Crippen LogP contribution in [0.1, 0.15) is 206 Å². The van der Waals surface area contributed by atoms with Gasteiger partial charge in [-0.15, -0.1) is 0 Å². The van der Waals surface area contributed by atoms with Gasteiger partial charge in [-0.25, -0.2) is 0 Å². The van der Waals surface area contributed by atoms with Crippen LogP contribution in [0.25, 0.3) is 16.8 Å². The Balaban J connectivity index is 1.16. The molecule has 0 spiro atoms. The molecule has 1 saturated carbocycles. The van der Waals surface area contributed by atoms with Gasteiger partial charge in [-0.05, 0) is 187 Å². The second kappa shape index (κ2) is 17.4. The fourth-order valence-electron chi connectivity index (χ4n) is 16.2. The van der Waals surface area contributed by atoms with Crippen molar-refractivity contribution in [2.75, 3.05) is 14.7 Å². The maximum absolute atomic E-state index is 10.2. The lowest BCUT2D eigenvalue weighted by Gasteiger charge is -2.53. The smallest absolute Gasteiger partial charge is 0.248 e.